The average molecular weight is 304 g/mol. The minimum Gasteiger partial charge on any atom is -0.497 e. The van der Waals surface area contributed by atoms with Gasteiger partial charge < -0.3 is 4.74 Å². The van der Waals surface area contributed by atoms with E-state index in [9.17, 15) is 17.4 Å². The van der Waals surface area contributed by atoms with Crippen molar-refractivity contribution in [2.45, 2.75) is 0 Å². The van der Waals surface area contributed by atoms with E-state index in [2.05, 4.69) is 0 Å². The molecule has 1 aromatic carbocycles. The molecule has 1 aromatic rings. The van der Waals surface area contributed by atoms with Gasteiger partial charge in [0, 0.05) is 28.4 Å². The molecule has 0 heterocycles. The van der Waals surface area contributed by atoms with Crippen LogP contribution in [0.15, 0.2) is 24.3 Å². The number of sulfone groups is 1. The summed E-state index contributed by atoms with van der Waals surface area (Å²) in [7, 11) is -3.09. The predicted octanol–water partition coefficient (Wildman–Crippen LogP) is 0.671. The lowest BCUT2D eigenvalue weighted by Crippen LogP contribution is -2.18. The number of Topliss-reactive ketones (excluding diaryl/α,β-unsaturated/α-hetero) is 1. The maximum Gasteiger partial charge on any atom is 0.175 e. The second-order valence-corrected chi connectivity index (χ2v) is 7.91. The minimum atomic E-state index is -3.15. The second kappa shape index (κ2) is 6.81. The molecular formula is C12H16O5S2. The summed E-state index contributed by atoms with van der Waals surface area (Å²) >= 11 is 0. The Morgan fingerprint density at radius 3 is 2.32 bits per heavy atom. The van der Waals surface area contributed by atoms with Crippen LogP contribution in [0.3, 0.4) is 0 Å². The van der Waals surface area contributed by atoms with Gasteiger partial charge in [0.25, 0.3) is 0 Å². The van der Waals surface area contributed by atoms with E-state index in [-0.39, 0.29) is 23.0 Å². The Labute approximate surface area is 115 Å². The van der Waals surface area contributed by atoms with Crippen LogP contribution in [0.4, 0.5) is 0 Å². The summed E-state index contributed by atoms with van der Waals surface area (Å²) in [5.74, 6) is 0.0159. The van der Waals surface area contributed by atoms with Gasteiger partial charge in [-0.25, -0.2) is 8.42 Å². The first-order valence-corrected chi connectivity index (χ1v) is 9.06. The molecule has 0 spiro atoms. The van der Waals surface area contributed by atoms with E-state index < -0.39 is 20.6 Å². The van der Waals surface area contributed by atoms with Crippen molar-refractivity contribution >= 4 is 26.4 Å². The van der Waals surface area contributed by atoms with Gasteiger partial charge in [-0.05, 0) is 24.3 Å². The number of carbonyl (C=O) groups excluding carboxylic acids is 1. The Morgan fingerprint density at radius 2 is 1.84 bits per heavy atom. The summed E-state index contributed by atoms with van der Waals surface area (Å²) in [4.78, 5) is 11.8. The Bertz CT molecular complexity index is 560. The van der Waals surface area contributed by atoms with Crippen LogP contribution >= 0.6 is 0 Å². The lowest BCUT2D eigenvalue weighted by Gasteiger charge is -2.03. The van der Waals surface area contributed by atoms with Crippen LogP contribution < -0.4 is 4.74 Å². The van der Waals surface area contributed by atoms with Gasteiger partial charge in [0.05, 0.1) is 18.6 Å². The van der Waals surface area contributed by atoms with Crippen molar-refractivity contribution in [3.63, 3.8) is 0 Å². The maximum absolute atomic E-state index is 11.8. The molecule has 0 radical (unpaired) electrons. The number of methoxy groups -OCH3 is 1. The standard InChI is InChI=1S/C12H16O5S2/c1-17-11-5-3-10(4-6-11)12(13)9-18(14)7-8-19(2,15)16/h3-6H,7-9H2,1-2H3. The van der Waals surface area contributed by atoms with Gasteiger partial charge >= 0.3 is 0 Å². The number of carbonyl (C=O) groups is 1. The fourth-order valence-electron chi connectivity index (χ4n) is 1.32. The van der Waals surface area contributed by atoms with E-state index in [1.54, 1.807) is 24.3 Å². The number of hydrogen-bond donors (Lipinski definition) is 0. The van der Waals surface area contributed by atoms with Crippen molar-refractivity contribution in [1.29, 1.82) is 0 Å². The molecule has 1 unspecified atom stereocenters. The highest BCUT2D eigenvalue weighted by atomic mass is 32.2. The molecule has 0 aromatic heterocycles. The predicted molar refractivity (Wildman–Crippen MR) is 74.9 cm³/mol. The third-order valence-corrected chi connectivity index (χ3v) is 4.83. The molecule has 0 amide bonds. The Balaban J connectivity index is 2.56. The average Bonchev–Trinajstić information content (AvgIpc) is 2.35. The van der Waals surface area contributed by atoms with Gasteiger partial charge in [0.2, 0.25) is 0 Å². The van der Waals surface area contributed by atoms with Crippen molar-refractivity contribution < 1.29 is 22.2 Å². The first-order chi connectivity index (χ1) is 8.81. The molecule has 0 fully saturated rings. The molecule has 1 atom stereocenters. The molecule has 1 rings (SSSR count). The fraction of sp³-hybridized carbons (Fsp3) is 0.417. The second-order valence-electron chi connectivity index (χ2n) is 4.07. The third kappa shape index (κ3) is 5.98. The number of hydrogen-bond acceptors (Lipinski definition) is 5. The Hall–Kier alpha value is -1.21. The highest BCUT2D eigenvalue weighted by Crippen LogP contribution is 2.12. The van der Waals surface area contributed by atoms with E-state index in [1.165, 1.54) is 7.11 Å². The molecule has 0 N–H and O–H groups in total. The molecule has 0 saturated carbocycles. The number of rotatable bonds is 7. The molecular weight excluding hydrogens is 288 g/mol. The Kier molecular flexibility index (Phi) is 5.68. The minimum absolute atomic E-state index is 0.0132. The third-order valence-electron chi connectivity index (χ3n) is 2.39. The highest BCUT2D eigenvalue weighted by molar-refractivity contribution is 7.92. The van der Waals surface area contributed by atoms with Crippen LogP contribution in [-0.4, -0.2) is 49.0 Å². The van der Waals surface area contributed by atoms with E-state index in [1.807, 2.05) is 0 Å². The lowest BCUT2D eigenvalue weighted by molar-refractivity contribution is 0.102. The van der Waals surface area contributed by atoms with Crippen LogP contribution in [0.25, 0.3) is 0 Å². The summed E-state index contributed by atoms with van der Waals surface area (Å²) in [5, 5.41) is 0. The molecule has 0 aliphatic heterocycles. The van der Waals surface area contributed by atoms with Crippen LogP contribution in [-0.2, 0) is 20.6 Å². The molecule has 0 bridgehead atoms. The zero-order valence-electron chi connectivity index (χ0n) is 10.8. The molecule has 0 aliphatic carbocycles. The summed E-state index contributed by atoms with van der Waals surface area (Å²) < 4.78 is 38.4. The lowest BCUT2D eigenvalue weighted by atomic mass is 10.1. The van der Waals surface area contributed by atoms with Gasteiger partial charge in [-0.3, -0.25) is 9.00 Å². The quantitative estimate of drug-likeness (QED) is 0.692. The first-order valence-electron chi connectivity index (χ1n) is 5.52. The molecule has 19 heavy (non-hydrogen) atoms. The molecule has 5 nitrogen and oxygen atoms in total. The summed E-state index contributed by atoms with van der Waals surface area (Å²) in [6.07, 6.45) is 1.08. The van der Waals surface area contributed by atoms with Crippen LogP contribution in [0.5, 0.6) is 5.75 Å². The van der Waals surface area contributed by atoms with Gasteiger partial charge in [-0.2, -0.15) is 0 Å². The van der Waals surface area contributed by atoms with Gasteiger partial charge in [0.15, 0.2) is 5.78 Å². The van der Waals surface area contributed by atoms with Gasteiger partial charge in [-0.1, -0.05) is 0 Å². The van der Waals surface area contributed by atoms with E-state index >= 15 is 0 Å². The van der Waals surface area contributed by atoms with Crippen molar-refractivity contribution in [2.24, 2.45) is 0 Å². The zero-order valence-corrected chi connectivity index (χ0v) is 12.4. The monoisotopic (exact) mass is 304 g/mol. The molecule has 106 valence electrons. The number of benzene rings is 1. The zero-order chi connectivity index (χ0) is 14.5. The topological polar surface area (TPSA) is 77.5 Å². The van der Waals surface area contributed by atoms with Crippen molar-refractivity contribution in [3.8, 4) is 5.75 Å². The van der Waals surface area contributed by atoms with Crippen LogP contribution in [0.1, 0.15) is 10.4 Å². The normalized spacial score (nSPS) is 12.9. The van der Waals surface area contributed by atoms with Crippen molar-refractivity contribution in [1.82, 2.24) is 0 Å². The van der Waals surface area contributed by atoms with E-state index in [0.717, 1.165) is 6.26 Å². The number of ketones is 1. The molecule has 0 aliphatic rings. The maximum atomic E-state index is 11.8. The molecule has 0 saturated heterocycles. The largest absolute Gasteiger partial charge is 0.497 e. The van der Waals surface area contributed by atoms with E-state index in [0.29, 0.717) is 11.3 Å². The van der Waals surface area contributed by atoms with Crippen LogP contribution in [0.2, 0.25) is 0 Å². The first kappa shape index (κ1) is 15.8. The summed E-state index contributed by atoms with van der Waals surface area (Å²) in [6, 6.07) is 6.48. The Morgan fingerprint density at radius 1 is 1.26 bits per heavy atom. The van der Waals surface area contributed by atoms with Crippen molar-refractivity contribution in [3.05, 3.63) is 29.8 Å². The fourth-order valence-corrected chi connectivity index (χ4v) is 3.88. The number of ether oxygens (including phenoxy) is 1. The van der Waals surface area contributed by atoms with E-state index in [4.69, 9.17) is 4.74 Å². The van der Waals surface area contributed by atoms with Crippen molar-refractivity contribution in [2.75, 3.05) is 30.6 Å². The highest BCUT2D eigenvalue weighted by Gasteiger charge is 2.13. The smallest absolute Gasteiger partial charge is 0.175 e. The summed E-state index contributed by atoms with van der Waals surface area (Å²) in [5.41, 5.74) is 0.438. The van der Waals surface area contributed by atoms with Gasteiger partial charge in [0.1, 0.15) is 15.6 Å². The summed E-state index contributed by atoms with van der Waals surface area (Å²) in [6.45, 7) is 0. The van der Waals surface area contributed by atoms with Gasteiger partial charge in [-0.15, -0.1) is 0 Å². The van der Waals surface area contributed by atoms with Crippen LogP contribution in [0, 0.1) is 0 Å². The SMILES string of the molecule is COc1ccc(C(=O)CS(=O)CCS(C)(=O)=O)cc1. The molecule has 7 heteroatoms.